The van der Waals surface area contributed by atoms with E-state index in [1.807, 2.05) is 21.1 Å². The molecule has 90 heavy (non-hydrogen) atoms. The number of unbranched alkanes of at least 4 members (excludes halogenated alkanes) is 31. The summed E-state index contributed by atoms with van der Waals surface area (Å²) in [5.74, 6) is -0.834. The molecule has 2 unspecified atom stereocenters. The van der Waals surface area contributed by atoms with Gasteiger partial charge >= 0.3 is 11.9 Å². The summed E-state index contributed by atoms with van der Waals surface area (Å²) in [5, 5.41) is 0. The highest BCUT2D eigenvalue weighted by atomic mass is 31.2. The number of phosphoric ester groups is 1. The summed E-state index contributed by atoms with van der Waals surface area (Å²) in [7, 11) is 1.16. The summed E-state index contributed by atoms with van der Waals surface area (Å²) in [6.45, 7) is 4.13. The molecule has 0 saturated carbocycles. The third kappa shape index (κ3) is 73.2. The van der Waals surface area contributed by atoms with Gasteiger partial charge in [-0.05, 0) is 116 Å². The summed E-state index contributed by atoms with van der Waals surface area (Å²) >= 11 is 0. The van der Waals surface area contributed by atoms with E-state index in [2.05, 4.69) is 148 Å². The predicted molar refractivity (Wildman–Crippen MR) is 388 cm³/mol. The number of quaternary nitrogens is 1. The number of esters is 2. The molecule has 0 radical (unpaired) electrons. The van der Waals surface area contributed by atoms with Crippen molar-refractivity contribution in [1.82, 2.24) is 0 Å². The van der Waals surface area contributed by atoms with Crippen molar-refractivity contribution < 1.29 is 42.1 Å². The number of allylic oxidation sites excluding steroid dienone is 22. The van der Waals surface area contributed by atoms with Crippen LogP contribution < -0.4 is 4.89 Å². The van der Waals surface area contributed by atoms with Crippen molar-refractivity contribution in [3.8, 4) is 0 Å². The van der Waals surface area contributed by atoms with Gasteiger partial charge < -0.3 is 27.9 Å². The zero-order valence-corrected chi connectivity index (χ0v) is 59.7. The van der Waals surface area contributed by atoms with Gasteiger partial charge in [-0.1, -0.05) is 314 Å². The first-order chi connectivity index (χ1) is 44.0. The molecule has 9 nitrogen and oxygen atoms in total. The van der Waals surface area contributed by atoms with Crippen molar-refractivity contribution in [3.05, 3.63) is 134 Å². The molecule has 516 valence electrons. The molecule has 0 amide bonds. The van der Waals surface area contributed by atoms with Crippen LogP contribution in [0.4, 0.5) is 0 Å². The van der Waals surface area contributed by atoms with E-state index in [1.54, 1.807) is 0 Å². The highest BCUT2D eigenvalue weighted by Gasteiger charge is 2.22. The minimum atomic E-state index is -4.65. The molecule has 0 aromatic rings. The Kier molecular flexibility index (Phi) is 66.5. The van der Waals surface area contributed by atoms with Crippen LogP contribution in [0.15, 0.2) is 134 Å². The van der Waals surface area contributed by atoms with Gasteiger partial charge in [-0.2, -0.15) is 0 Å². The van der Waals surface area contributed by atoms with Gasteiger partial charge in [0.25, 0.3) is 7.82 Å². The van der Waals surface area contributed by atoms with Gasteiger partial charge in [0, 0.05) is 12.8 Å². The van der Waals surface area contributed by atoms with E-state index < -0.39 is 26.5 Å². The lowest BCUT2D eigenvalue weighted by Crippen LogP contribution is -2.37. The van der Waals surface area contributed by atoms with E-state index >= 15 is 0 Å². The second-order valence-corrected chi connectivity index (χ2v) is 27.0. The second kappa shape index (κ2) is 69.5. The number of carbonyl (C=O) groups is 2. The van der Waals surface area contributed by atoms with Gasteiger partial charge in [-0.25, -0.2) is 0 Å². The minimum Gasteiger partial charge on any atom is -0.756 e. The molecule has 0 aliphatic rings. The first-order valence-corrected chi connectivity index (χ1v) is 38.4. The fourth-order valence-corrected chi connectivity index (χ4v) is 10.8. The van der Waals surface area contributed by atoms with Crippen LogP contribution in [-0.4, -0.2) is 70.0 Å². The maximum atomic E-state index is 12.9. The number of nitrogens with zero attached hydrogens (tertiary/aromatic N) is 1. The maximum absolute atomic E-state index is 12.9. The molecule has 0 N–H and O–H groups in total. The highest BCUT2D eigenvalue weighted by Crippen LogP contribution is 2.38. The van der Waals surface area contributed by atoms with Crippen LogP contribution in [0.1, 0.15) is 309 Å². The molecule has 0 heterocycles. The average Bonchev–Trinajstić information content (AvgIpc) is 3.58. The Balaban J connectivity index is 4.06. The van der Waals surface area contributed by atoms with E-state index in [0.717, 1.165) is 109 Å². The van der Waals surface area contributed by atoms with Crippen LogP contribution in [-0.2, 0) is 32.7 Å². The molecule has 0 bridgehead atoms. The normalized spacial score (nSPS) is 13.9. The van der Waals surface area contributed by atoms with E-state index in [1.165, 1.54) is 167 Å². The van der Waals surface area contributed by atoms with E-state index in [4.69, 9.17) is 18.5 Å². The molecule has 0 aliphatic carbocycles. The monoisotopic (exact) mass is 1270 g/mol. The van der Waals surface area contributed by atoms with E-state index in [-0.39, 0.29) is 32.0 Å². The first kappa shape index (κ1) is 86.2. The Hall–Kier alpha value is -3.85. The average molecular weight is 1270 g/mol. The lowest BCUT2D eigenvalue weighted by Gasteiger charge is -2.28. The van der Waals surface area contributed by atoms with Crippen LogP contribution in [0.25, 0.3) is 0 Å². The number of rotatable bonds is 67. The lowest BCUT2D eigenvalue weighted by atomic mass is 10.0. The third-order valence-electron chi connectivity index (χ3n) is 15.7. The van der Waals surface area contributed by atoms with Crippen molar-refractivity contribution in [2.75, 3.05) is 47.5 Å². The number of likely N-dealkylation sites (N-methyl/N-ethyl adjacent to an activating group) is 1. The lowest BCUT2D eigenvalue weighted by molar-refractivity contribution is -0.870. The molecule has 0 aliphatic heterocycles. The predicted octanol–water partition coefficient (Wildman–Crippen LogP) is 23.8. The zero-order chi connectivity index (χ0) is 65.5. The van der Waals surface area contributed by atoms with E-state index in [9.17, 15) is 19.0 Å². The van der Waals surface area contributed by atoms with Crippen LogP contribution in [0.5, 0.6) is 0 Å². The first-order valence-electron chi connectivity index (χ1n) is 36.9. The van der Waals surface area contributed by atoms with Gasteiger partial charge in [0.15, 0.2) is 6.10 Å². The largest absolute Gasteiger partial charge is 0.756 e. The number of hydrogen-bond donors (Lipinski definition) is 0. The number of ether oxygens (including phenoxy) is 2. The molecular weight excluding hydrogens is 1130 g/mol. The molecule has 0 saturated heterocycles. The van der Waals surface area contributed by atoms with Crippen LogP contribution in [0.3, 0.4) is 0 Å². The Morgan fingerprint density at radius 1 is 0.356 bits per heavy atom. The molecule has 0 aromatic heterocycles. The van der Waals surface area contributed by atoms with Crippen LogP contribution >= 0.6 is 7.82 Å². The van der Waals surface area contributed by atoms with Gasteiger partial charge in [-0.15, -0.1) is 0 Å². The van der Waals surface area contributed by atoms with E-state index in [0.29, 0.717) is 17.4 Å². The van der Waals surface area contributed by atoms with Crippen LogP contribution in [0.2, 0.25) is 0 Å². The highest BCUT2D eigenvalue weighted by molar-refractivity contribution is 7.45. The molecule has 0 rings (SSSR count). The van der Waals surface area contributed by atoms with Crippen molar-refractivity contribution in [1.29, 1.82) is 0 Å². The van der Waals surface area contributed by atoms with Gasteiger partial charge in [0.2, 0.25) is 0 Å². The standard InChI is InChI=1S/C80H138NO8P/c1-6-8-10-12-14-16-18-20-22-24-26-28-30-32-34-35-36-37-38-39-40-41-42-43-44-45-47-49-51-53-55-57-59-61-63-65-67-69-71-73-80(83)89-78(77-88-90(84,85)87-75-74-81(3,4)5)76-86-79(82)72-70-68-66-64-62-60-58-56-54-52-50-48-46-33-31-29-27-25-23-21-19-17-15-13-11-9-7-2/h8,10,14,16,19-22,25-28,32,34,36-37,39-40,42-43,45,47,78H,6-7,9,11-13,15,17-18,23-24,29-31,33,35,38,41,44,46,48-77H2,1-5H3/b10-8-,16-14-,21-19-,22-20-,27-25-,28-26-,34-32-,37-36-,40-39-,43-42-,47-45-. The SMILES string of the molecule is CC/C=C\C/C=C\C/C=C\C/C=C\C/C=C\C/C=C\C/C=C\C/C=C\C/C=C\CCCCCCCCCCCCCC(=O)OC(COC(=O)CCCCCCCCCCCCCCCCC/C=C\C/C=C\CCCCCCC)COP(=O)([O-])OCC[N+](C)(C)C. The van der Waals surface area contributed by atoms with Crippen molar-refractivity contribution in [2.45, 2.75) is 315 Å². The summed E-state index contributed by atoms with van der Waals surface area (Å²) in [4.78, 5) is 38.1. The van der Waals surface area contributed by atoms with Crippen molar-refractivity contribution in [3.63, 3.8) is 0 Å². The second-order valence-electron chi connectivity index (χ2n) is 25.6. The zero-order valence-electron chi connectivity index (χ0n) is 58.8. The number of hydrogen-bond acceptors (Lipinski definition) is 8. The number of phosphoric acid groups is 1. The van der Waals surface area contributed by atoms with Crippen LogP contribution in [0, 0.1) is 0 Å². The van der Waals surface area contributed by atoms with Gasteiger partial charge in [-0.3, -0.25) is 14.2 Å². The molecule has 10 heteroatoms. The Labute approximate surface area is 555 Å². The quantitative estimate of drug-likeness (QED) is 0.0195. The van der Waals surface area contributed by atoms with Gasteiger partial charge in [0.1, 0.15) is 19.8 Å². The molecular formula is C80H138NO8P. The smallest absolute Gasteiger partial charge is 0.306 e. The van der Waals surface area contributed by atoms with Crippen molar-refractivity contribution in [2.24, 2.45) is 0 Å². The molecule has 2 atom stereocenters. The fraction of sp³-hybridized carbons (Fsp3) is 0.700. The summed E-state index contributed by atoms with van der Waals surface area (Å²) in [6, 6.07) is 0. The Bertz CT molecular complexity index is 1980. The maximum Gasteiger partial charge on any atom is 0.306 e. The molecule has 0 aromatic carbocycles. The Morgan fingerprint density at radius 3 is 0.944 bits per heavy atom. The summed E-state index contributed by atoms with van der Waals surface area (Å²) < 4.78 is 34.3. The van der Waals surface area contributed by atoms with Crippen molar-refractivity contribution >= 4 is 19.8 Å². The summed E-state index contributed by atoms with van der Waals surface area (Å²) in [5.41, 5.74) is 0. The molecule has 0 spiro atoms. The topological polar surface area (TPSA) is 111 Å². The molecule has 0 fully saturated rings. The van der Waals surface area contributed by atoms with Gasteiger partial charge in [0.05, 0.1) is 27.7 Å². The summed E-state index contributed by atoms with van der Waals surface area (Å²) in [6.07, 6.45) is 101. The third-order valence-corrected chi connectivity index (χ3v) is 16.6. The number of carbonyl (C=O) groups excluding carboxylic acids is 2. The minimum absolute atomic E-state index is 0.0360. The fourth-order valence-electron chi connectivity index (χ4n) is 10.0. The Morgan fingerprint density at radius 2 is 0.633 bits per heavy atom.